The van der Waals surface area contributed by atoms with E-state index in [1.54, 1.807) is 39.0 Å². The number of carbonyl (C=O) groups excluding carboxylic acids is 2. The maximum absolute atomic E-state index is 12.7. The molecule has 0 bridgehead atoms. The van der Waals surface area contributed by atoms with E-state index in [9.17, 15) is 14.7 Å². The lowest BCUT2D eigenvalue weighted by Crippen LogP contribution is -2.49. The van der Waals surface area contributed by atoms with E-state index in [-0.39, 0.29) is 18.0 Å². The zero-order chi connectivity index (χ0) is 24.6. The van der Waals surface area contributed by atoms with E-state index in [4.69, 9.17) is 4.74 Å². The lowest BCUT2D eigenvalue weighted by Gasteiger charge is -2.27. The number of aliphatic hydroxyl groups excluding tert-OH is 1. The van der Waals surface area contributed by atoms with E-state index in [2.05, 4.69) is 16.0 Å². The summed E-state index contributed by atoms with van der Waals surface area (Å²) >= 11 is 0. The summed E-state index contributed by atoms with van der Waals surface area (Å²) in [5.41, 5.74) is 1.04. The first kappa shape index (κ1) is 26.2. The van der Waals surface area contributed by atoms with Crippen LogP contribution in [0.15, 0.2) is 54.6 Å². The van der Waals surface area contributed by atoms with Crippen molar-refractivity contribution in [3.63, 3.8) is 0 Å². The van der Waals surface area contributed by atoms with Crippen LogP contribution in [-0.2, 0) is 11.2 Å². The zero-order valence-corrected chi connectivity index (χ0v) is 20.4. The van der Waals surface area contributed by atoms with Crippen molar-refractivity contribution in [2.75, 3.05) is 11.9 Å². The fourth-order valence-corrected chi connectivity index (χ4v) is 3.21. The van der Waals surface area contributed by atoms with Gasteiger partial charge in [0.2, 0.25) is 0 Å². The van der Waals surface area contributed by atoms with E-state index in [0.29, 0.717) is 17.7 Å². The first-order valence-corrected chi connectivity index (χ1v) is 11.2. The fraction of sp³-hybridized carbons (Fsp3) is 0.462. The molecule has 0 heterocycles. The number of hydrogen-bond acceptors (Lipinski definition) is 5. The lowest BCUT2D eigenvalue weighted by atomic mass is 10.0. The summed E-state index contributed by atoms with van der Waals surface area (Å²) in [7, 11) is 0. The second-order valence-corrected chi connectivity index (χ2v) is 10.1. The van der Waals surface area contributed by atoms with E-state index >= 15 is 0 Å². The molecule has 2 aromatic rings. The Morgan fingerprint density at radius 1 is 0.939 bits per heavy atom. The first-order chi connectivity index (χ1) is 15.3. The van der Waals surface area contributed by atoms with Crippen LogP contribution >= 0.6 is 0 Å². The predicted octanol–water partition coefficient (Wildman–Crippen LogP) is 4.12. The number of rotatable bonds is 8. The number of anilines is 1. The van der Waals surface area contributed by atoms with Crippen molar-refractivity contribution in [2.24, 2.45) is 0 Å². The minimum absolute atomic E-state index is 0.132. The molecule has 33 heavy (non-hydrogen) atoms. The average molecular weight is 456 g/mol. The molecule has 0 aliphatic heterocycles. The van der Waals surface area contributed by atoms with E-state index in [1.165, 1.54) is 0 Å². The van der Waals surface area contributed by atoms with Crippen molar-refractivity contribution in [3.8, 4) is 0 Å². The van der Waals surface area contributed by atoms with Gasteiger partial charge in [0.15, 0.2) is 0 Å². The summed E-state index contributed by atoms with van der Waals surface area (Å²) in [6.07, 6.45) is -1.10. The van der Waals surface area contributed by atoms with E-state index in [1.807, 2.05) is 57.2 Å². The molecule has 2 atom stereocenters. The van der Waals surface area contributed by atoms with Gasteiger partial charge >= 0.3 is 6.09 Å². The second kappa shape index (κ2) is 11.2. The van der Waals surface area contributed by atoms with Gasteiger partial charge < -0.3 is 25.8 Å². The number of para-hydroxylation sites is 1. The summed E-state index contributed by atoms with van der Waals surface area (Å²) in [4.78, 5) is 25.1. The van der Waals surface area contributed by atoms with Crippen molar-refractivity contribution >= 4 is 17.7 Å². The molecule has 2 rings (SSSR count). The first-order valence-electron chi connectivity index (χ1n) is 11.2. The average Bonchev–Trinajstić information content (AvgIpc) is 2.70. The Bertz CT molecular complexity index is 917. The van der Waals surface area contributed by atoms with Crippen LogP contribution in [0, 0.1) is 0 Å². The van der Waals surface area contributed by atoms with Gasteiger partial charge in [-0.25, -0.2) is 4.79 Å². The van der Waals surface area contributed by atoms with Gasteiger partial charge in [0.1, 0.15) is 5.60 Å². The van der Waals surface area contributed by atoms with Crippen LogP contribution in [0.4, 0.5) is 10.5 Å². The van der Waals surface area contributed by atoms with Crippen LogP contribution in [0.5, 0.6) is 0 Å². The van der Waals surface area contributed by atoms with Crippen molar-refractivity contribution < 1.29 is 19.4 Å². The van der Waals surface area contributed by atoms with Gasteiger partial charge in [-0.3, -0.25) is 4.79 Å². The lowest BCUT2D eigenvalue weighted by molar-refractivity contribution is 0.0433. The standard InChI is InChI=1S/C26H37N3O4/c1-25(2,3)29-23(31)19-14-10-11-15-20(19)27-17-22(30)21(16-18-12-8-7-9-13-18)28-24(32)33-26(4,5)6/h7-15,21-22,27,30H,16-17H2,1-6H3,(H,28,32)(H,29,31)/t21-,22-/m0/s1. The SMILES string of the molecule is CC(C)(C)NC(=O)c1ccccc1NC[C@H](O)[C@H](Cc1ccccc1)NC(=O)OC(C)(C)C. The maximum atomic E-state index is 12.7. The molecular weight excluding hydrogens is 418 g/mol. The number of hydrogen-bond donors (Lipinski definition) is 4. The maximum Gasteiger partial charge on any atom is 0.407 e. The molecule has 0 aromatic heterocycles. The van der Waals surface area contributed by atoms with Crippen LogP contribution in [0.2, 0.25) is 0 Å². The minimum Gasteiger partial charge on any atom is -0.444 e. The minimum atomic E-state index is -0.934. The Kier molecular flexibility index (Phi) is 8.88. The van der Waals surface area contributed by atoms with Gasteiger partial charge in [-0.2, -0.15) is 0 Å². The smallest absolute Gasteiger partial charge is 0.407 e. The highest BCUT2D eigenvalue weighted by molar-refractivity contribution is 5.99. The summed E-state index contributed by atoms with van der Waals surface area (Å²) in [5, 5.41) is 19.9. The number of amides is 2. The number of benzene rings is 2. The molecule has 7 heteroatoms. The third-order valence-corrected chi connectivity index (χ3v) is 4.63. The molecule has 7 nitrogen and oxygen atoms in total. The summed E-state index contributed by atoms with van der Waals surface area (Å²) in [6, 6.07) is 16.2. The highest BCUT2D eigenvalue weighted by Gasteiger charge is 2.25. The summed E-state index contributed by atoms with van der Waals surface area (Å²) in [5.74, 6) is -0.201. The van der Waals surface area contributed by atoms with Gasteiger partial charge in [0.25, 0.3) is 5.91 Å². The van der Waals surface area contributed by atoms with Crippen LogP contribution in [0.3, 0.4) is 0 Å². The van der Waals surface area contributed by atoms with Crippen LogP contribution < -0.4 is 16.0 Å². The quantitative estimate of drug-likeness (QED) is 0.480. The number of aliphatic hydroxyl groups is 1. The summed E-state index contributed by atoms with van der Waals surface area (Å²) in [6.45, 7) is 11.2. The van der Waals surface area contributed by atoms with Gasteiger partial charge in [0.05, 0.1) is 17.7 Å². The Labute approximate surface area is 196 Å². The predicted molar refractivity (Wildman–Crippen MR) is 131 cm³/mol. The number of carbonyl (C=O) groups is 2. The molecular formula is C26H37N3O4. The topological polar surface area (TPSA) is 99.7 Å². The number of alkyl carbamates (subject to hydrolysis) is 1. The Balaban J connectivity index is 2.13. The normalized spacial score (nSPS) is 13.5. The Hall–Kier alpha value is -3.06. The molecule has 0 aliphatic carbocycles. The van der Waals surface area contributed by atoms with Gasteiger partial charge in [0, 0.05) is 17.8 Å². The van der Waals surface area contributed by atoms with Crippen molar-refractivity contribution in [1.82, 2.24) is 10.6 Å². The second-order valence-electron chi connectivity index (χ2n) is 10.1. The van der Waals surface area contributed by atoms with E-state index < -0.39 is 23.8 Å². The van der Waals surface area contributed by atoms with Crippen LogP contribution in [0.25, 0.3) is 0 Å². The number of ether oxygens (including phenoxy) is 1. The molecule has 0 spiro atoms. The fourth-order valence-electron chi connectivity index (χ4n) is 3.21. The van der Waals surface area contributed by atoms with Crippen LogP contribution in [-0.4, -0.2) is 46.9 Å². The molecule has 0 saturated carbocycles. The van der Waals surface area contributed by atoms with Gasteiger partial charge in [-0.1, -0.05) is 42.5 Å². The molecule has 0 fully saturated rings. The summed E-state index contributed by atoms with van der Waals surface area (Å²) < 4.78 is 5.38. The van der Waals surface area contributed by atoms with Crippen molar-refractivity contribution in [3.05, 3.63) is 65.7 Å². The molecule has 0 radical (unpaired) electrons. The molecule has 180 valence electrons. The third-order valence-electron chi connectivity index (χ3n) is 4.63. The molecule has 0 aliphatic rings. The molecule has 4 N–H and O–H groups in total. The van der Waals surface area contributed by atoms with Crippen molar-refractivity contribution in [2.45, 2.75) is 71.2 Å². The van der Waals surface area contributed by atoms with Gasteiger partial charge in [-0.15, -0.1) is 0 Å². The Morgan fingerprint density at radius 2 is 1.55 bits per heavy atom. The largest absolute Gasteiger partial charge is 0.444 e. The number of nitrogens with one attached hydrogen (secondary N) is 3. The highest BCUT2D eigenvalue weighted by atomic mass is 16.6. The van der Waals surface area contributed by atoms with Crippen LogP contribution in [0.1, 0.15) is 57.5 Å². The highest BCUT2D eigenvalue weighted by Crippen LogP contribution is 2.17. The molecule has 0 saturated heterocycles. The molecule has 0 unspecified atom stereocenters. The monoisotopic (exact) mass is 455 g/mol. The zero-order valence-electron chi connectivity index (χ0n) is 20.4. The van der Waals surface area contributed by atoms with Gasteiger partial charge in [-0.05, 0) is 65.7 Å². The Morgan fingerprint density at radius 3 is 2.15 bits per heavy atom. The van der Waals surface area contributed by atoms with E-state index in [0.717, 1.165) is 5.56 Å². The molecule has 2 aromatic carbocycles. The third kappa shape index (κ3) is 9.53. The van der Waals surface area contributed by atoms with Crippen molar-refractivity contribution in [1.29, 1.82) is 0 Å². The molecule has 2 amide bonds.